The van der Waals surface area contributed by atoms with Crippen LogP contribution in [-0.4, -0.2) is 36.3 Å². The largest absolute Gasteiger partial charge is 0.346 e. The number of fused-ring (bicyclic) bond motifs is 1. The van der Waals surface area contributed by atoms with Crippen LogP contribution in [0.1, 0.15) is 36.9 Å². The van der Waals surface area contributed by atoms with Crippen LogP contribution in [0.25, 0.3) is 11.4 Å². The second-order valence-electron chi connectivity index (χ2n) is 6.05. The predicted octanol–water partition coefficient (Wildman–Crippen LogP) is 1.45. The molecular formula is C16H16FN7O2. The van der Waals surface area contributed by atoms with Gasteiger partial charge in [0.2, 0.25) is 17.6 Å². The fraction of sp³-hybridized carbons (Fsp3) is 0.375. The molecule has 1 aromatic carbocycles. The molecule has 1 aliphatic rings. The quantitative estimate of drug-likeness (QED) is 0.752. The van der Waals surface area contributed by atoms with Crippen LogP contribution >= 0.6 is 0 Å². The van der Waals surface area contributed by atoms with Crippen LogP contribution in [0.2, 0.25) is 0 Å². The standard InChI is InChI=1S/C16H16FN7O2/c17-11-6-4-10(5-7-11)14-19-13(26-21-14)9-18-16(25)12-3-1-2-8-24-15(12)20-22-23-24/h4-7,12H,1-3,8-9H2,(H,18,25)/t12-/m0/s1. The summed E-state index contributed by atoms with van der Waals surface area (Å²) in [6.45, 7) is 0.821. The van der Waals surface area contributed by atoms with Crippen LogP contribution in [0.5, 0.6) is 0 Å². The summed E-state index contributed by atoms with van der Waals surface area (Å²) in [5.41, 5.74) is 0.635. The third kappa shape index (κ3) is 3.30. The first kappa shape index (κ1) is 16.3. The molecule has 1 aliphatic heterocycles. The van der Waals surface area contributed by atoms with Crippen molar-refractivity contribution in [2.75, 3.05) is 0 Å². The van der Waals surface area contributed by atoms with Gasteiger partial charge in [-0.15, -0.1) is 5.10 Å². The smallest absolute Gasteiger partial charge is 0.246 e. The summed E-state index contributed by atoms with van der Waals surface area (Å²) in [6.07, 6.45) is 2.54. The normalized spacial score (nSPS) is 16.7. The highest BCUT2D eigenvalue weighted by Gasteiger charge is 2.28. The first-order valence-corrected chi connectivity index (χ1v) is 8.33. The van der Waals surface area contributed by atoms with E-state index in [1.54, 1.807) is 16.8 Å². The molecule has 3 heterocycles. The van der Waals surface area contributed by atoms with Gasteiger partial charge in [-0.05, 0) is 47.5 Å². The number of aromatic nitrogens is 6. The number of tetrazole rings is 1. The summed E-state index contributed by atoms with van der Waals surface area (Å²) in [6, 6.07) is 5.77. The maximum atomic E-state index is 13.0. The minimum Gasteiger partial charge on any atom is -0.346 e. The minimum absolute atomic E-state index is 0.102. The molecule has 0 saturated carbocycles. The molecule has 134 valence electrons. The Morgan fingerprint density at radius 3 is 3.00 bits per heavy atom. The van der Waals surface area contributed by atoms with Crippen molar-refractivity contribution in [3.63, 3.8) is 0 Å². The number of halogens is 1. The van der Waals surface area contributed by atoms with E-state index in [-0.39, 0.29) is 24.2 Å². The van der Waals surface area contributed by atoms with E-state index < -0.39 is 5.92 Å². The lowest BCUT2D eigenvalue weighted by molar-refractivity contribution is -0.123. The molecule has 9 nitrogen and oxygen atoms in total. The third-order valence-electron chi connectivity index (χ3n) is 4.28. The van der Waals surface area contributed by atoms with E-state index >= 15 is 0 Å². The highest BCUT2D eigenvalue weighted by Crippen LogP contribution is 2.24. The molecule has 0 spiro atoms. The molecule has 0 unspecified atom stereocenters. The van der Waals surface area contributed by atoms with Gasteiger partial charge in [-0.1, -0.05) is 11.6 Å². The van der Waals surface area contributed by atoms with Crippen molar-refractivity contribution in [2.24, 2.45) is 0 Å². The first-order chi connectivity index (χ1) is 12.7. The van der Waals surface area contributed by atoms with Crippen LogP contribution in [0, 0.1) is 5.82 Å². The van der Waals surface area contributed by atoms with Crippen molar-refractivity contribution >= 4 is 5.91 Å². The lowest BCUT2D eigenvalue weighted by Crippen LogP contribution is -2.30. The Labute approximate surface area is 147 Å². The summed E-state index contributed by atoms with van der Waals surface area (Å²) in [4.78, 5) is 16.8. The van der Waals surface area contributed by atoms with Gasteiger partial charge >= 0.3 is 0 Å². The van der Waals surface area contributed by atoms with E-state index in [4.69, 9.17) is 4.52 Å². The van der Waals surface area contributed by atoms with Crippen LogP contribution in [-0.2, 0) is 17.9 Å². The number of aryl methyl sites for hydroxylation is 1. The maximum absolute atomic E-state index is 13.0. The zero-order valence-electron chi connectivity index (χ0n) is 13.8. The molecule has 3 aromatic rings. The molecule has 4 rings (SSSR count). The van der Waals surface area contributed by atoms with Gasteiger partial charge in [0.25, 0.3) is 0 Å². The first-order valence-electron chi connectivity index (χ1n) is 8.33. The van der Waals surface area contributed by atoms with Gasteiger partial charge in [-0.25, -0.2) is 9.07 Å². The predicted molar refractivity (Wildman–Crippen MR) is 85.9 cm³/mol. The fourth-order valence-electron chi connectivity index (χ4n) is 2.94. The number of hydrogen-bond donors (Lipinski definition) is 1. The van der Waals surface area contributed by atoms with Crippen LogP contribution in [0.3, 0.4) is 0 Å². The van der Waals surface area contributed by atoms with Gasteiger partial charge in [-0.3, -0.25) is 4.79 Å². The molecule has 0 fully saturated rings. The van der Waals surface area contributed by atoms with Gasteiger partial charge in [0.15, 0.2) is 5.82 Å². The zero-order valence-corrected chi connectivity index (χ0v) is 13.8. The fourth-order valence-corrected chi connectivity index (χ4v) is 2.94. The minimum atomic E-state index is -0.396. The molecule has 26 heavy (non-hydrogen) atoms. The molecule has 10 heteroatoms. The summed E-state index contributed by atoms with van der Waals surface area (Å²) in [7, 11) is 0. The summed E-state index contributed by atoms with van der Waals surface area (Å²) < 4.78 is 19.8. The second-order valence-corrected chi connectivity index (χ2v) is 6.05. The van der Waals surface area contributed by atoms with Crippen molar-refractivity contribution in [3.8, 4) is 11.4 Å². The lowest BCUT2D eigenvalue weighted by atomic mass is 10.0. The number of nitrogens with one attached hydrogen (secondary N) is 1. The van der Waals surface area contributed by atoms with Crippen molar-refractivity contribution < 1.29 is 13.7 Å². The number of amides is 1. The molecule has 0 aliphatic carbocycles. The van der Waals surface area contributed by atoms with E-state index in [1.807, 2.05) is 0 Å². The van der Waals surface area contributed by atoms with Gasteiger partial charge < -0.3 is 9.84 Å². The zero-order chi connectivity index (χ0) is 17.9. The average molecular weight is 357 g/mol. The Kier molecular flexibility index (Phi) is 4.38. The number of carbonyl (C=O) groups excluding carboxylic acids is 1. The molecule has 1 amide bonds. The Bertz CT molecular complexity index is 905. The summed E-state index contributed by atoms with van der Waals surface area (Å²) in [5, 5.41) is 18.2. The number of hydrogen-bond acceptors (Lipinski definition) is 7. The number of benzene rings is 1. The molecule has 0 bridgehead atoms. The van der Waals surface area contributed by atoms with Crippen molar-refractivity contribution in [1.82, 2.24) is 35.7 Å². The second kappa shape index (κ2) is 6.98. The lowest BCUT2D eigenvalue weighted by Gasteiger charge is -2.12. The van der Waals surface area contributed by atoms with Crippen LogP contribution in [0.15, 0.2) is 28.8 Å². The maximum Gasteiger partial charge on any atom is 0.246 e. The molecule has 0 radical (unpaired) electrons. The topological polar surface area (TPSA) is 112 Å². The summed E-state index contributed by atoms with van der Waals surface area (Å²) in [5.74, 6) is 0.281. The Balaban J connectivity index is 1.42. The summed E-state index contributed by atoms with van der Waals surface area (Å²) >= 11 is 0. The van der Waals surface area contributed by atoms with Gasteiger partial charge in [0.05, 0.1) is 12.5 Å². The van der Waals surface area contributed by atoms with E-state index in [2.05, 4.69) is 31.0 Å². The molecule has 2 aromatic heterocycles. The average Bonchev–Trinajstić information content (AvgIpc) is 3.26. The monoisotopic (exact) mass is 357 g/mol. The molecule has 1 atom stereocenters. The van der Waals surface area contributed by atoms with Crippen LogP contribution in [0.4, 0.5) is 4.39 Å². The number of nitrogens with zero attached hydrogens (tertiary/aromatic N) is 6. The SMILES string of the molecule is O=C(NCc1nc(-c2ccc(F)cc2)no1)[C@H]1CCCCn2nnnc21. The highest BCUT2D eigenvalue weighted by molar-refractivity contribution is 5.82. The molecule has 0 saturated heterocycles. The van der Waals surface area contributed by atoms with Gasteiger partial charge in [0.1, 0.15) is 5.82 Å². The van der Waals surface area contributed by atoms with E-state index in [9.17, 15) is 9.18 Å². The molecular weight excluding hydrogens is 341 g/mol. The van der Waals surface area contributed by atoms with Crippen molar-refractivity contribution in [2.45, 2.75) is 38.3 Å². The molecule has 1 N–H and O–H groups in total. The van der Waals surface area contributed by atoms with Crippen molar-refractivity contribution in [3.05, 3.63) is 41.8 Å². The van der Waals surface area contributed by atoms with Crippen molar-refractivity contribution in [1.29, 1.82) is 0 Å². The number of rotatable bonds is 4. The van der Waals surface area contributed by atoms with E-state index in [0.717, 1.165) is 19.4 Å². The van der Waals surface area contributed by atoms with Gasteiger partial charge in [0, 0.05) is 12.1 Å². The Hall–Kier alpha value is -3.17. The number of carbonyl (C=O) groups is 1. The Morgan fingerprint density at radius 1 is 1.31 bits per heavy atom. The van der Waals surface area contributed by atoms with Gasteiger partial charge in [-0.2, -0.15) is 4.98 Å². The Morgan fingerprint density at radius 2 is 2.15 bits per heavy atom. The van der Waals surface area contributed by atoms with Crippen LogP contribution < -0.4 is 5.32 Å². The van der Waals surface area contributed by atoms with E-state index in [1.165, 1.54) is 12.1 Å². The van der Waals surface area contributed by atoms with E-state index in [0.29, 0.717) is 23.6 Å². The third-order valence-corrected chi connectivity index (χ3v) is 4.28. The highest BCUT2D eigenvalue weighted by atomic mass is 19.1.